The number of nitrogens with two attached hydrogens (primary N) is 1. The average molecular weight is 424 g/mol. The fourth-order valence-corrected chi connectivity index (χ4v) is 3.66. The van der Waals surface area contributed by atoms with Gasteiger partial charge >= 0.3 is 0 Å². The number of nitrogens with one attached hydrogen (secondary N) is 1. The molecule has 7 nitrogen and oxygen atoms in total. The molecule has 2 heterocycles. The van der Waals surface area contributed by atoms with Gasteiger partial charge in [0.25, 0.3) is 5.91 Å². The first-order valence-corrected chi connectivity index (χ1v) is 10.1. The van der Waals surface area contributed by atoms with Gasteiger partial charge in [-0.3, -0.25) is 9.36 Å². The van der Waals surface area contributed by atoms with E-state index >= 15 is 0 Å². The summed E-state index contributed by atoms with van der Waals surface area (Å²) in [4.78, 5) is 22.4. The van der Waals surface area contributed by atoms with Crippen LogP contribution in [0, 0.1) is 0 Å². The molecule has 0 unspecified atom stereocenters. The van der Waals surface area contributed by atoms with Crippen LogP contribution >= 0.6 is 11.6 Å². The number of nitrogens with zero attached hydrogens (tertiary/aromatic N) is 3. The third-order valence-corrected chi connectivity index (χ3v) is 5.23. The second kappa shape index (κ2) is 8.20. The summed E-state index contributed by atoms with van der Waals surface area (Å²) in [5.74, 6) is 0.536. The minimum absolute atomic E-state index is 0.260. The van der Waals surface area contributed by atoms with Crippen LogP contribution in [0.4, 0.5) is 5.82 Å². The van der Waals surface area contributed by atoms with Crippen LogP contribution in [-0.2, 0) is 0 Å². The van der Waals surface area contributed by atoms with Crippen molar-refractivity contribution in [3.8, 4) is 11.4 Å². The SMILES string of the molecule is CCCCNC(=O)c1c(N)n(-c2ccc(OC)c(Cl)c2)c2nc3ccccc3nc12. The molecule has 30 heavy (non-hydrogen) atoms. The number of anilines is 1. The molecular weight excluding hydrogens is 402 g/mol. The van der Waals surface area contributed by atoms with Crippen LogP contribution in [0.25, 0.3) is 27.9 Å². The van der Waals surface area contributed by atoms with Crippen LogP contribution in [0.2, 0.25) is 5.02 Å². The summed E-state index contributed by atoms with van der Waals surface area (Å²) in [6.07, 6.45) is 1.86. The first-order chi connectivity index (χ1) is 14.5. The Bertz CT molecular complexity index is 1250. The molecule has 0 spiro atoms. The number of ether oxygens (including phenoxy) is 1. The van der Waals surface area contributed by atoms with Gasteiger partial charge in [0.2, 0.25) is 0 Å². The summed E-state index contributed by atoms with van der Waals surface area (Å²) in [6.45, 7) is 2.63. The lowest BCUT2D eigenvalue weighted by Crippen LogP contribution is -2.25. The number of nitrogen functional groups attached to an aromatic ring is 1. The largest absolute Gasteiger partial charge is 0.495 e. The van der Waals surface area contributed by atoms with E-state index in [1.807, 2.05) is 30.3 Å². The highest BCUT2D eigenvalue weighted by Crippen LogP contribution is 2.34. The Hall–Kier alpha value is -3.32. The molecule has 4 rings (SSSR count). The Morgan fingerprint density at radius 2 is 1.93 bits per heavy atom. The first kappa shape index (κ1) is 20.0. The zero-order valence-corrected chi connectivity index (χ0v) is 17.5. The second-order valence-corrected chi connectivity index (χ2v) is 7.32. The number of benzene rings is 2. The van der Waals surface area contributed by atoms with Gasteiger partial charge in [0.15, 0.2) is 5.65 Å². The predicted octanol–water partition coefficient (Wildman–Crippen LogP) is 4.35. The molecule has 4 aromatic rings. The Kier molecular flexibility index (Phi) is 5.46. The number of hydrogen-bond acceptors (Lipinski definition) is 5. The zero-order chi connectivity index (χ0) is 21.3. The number of halogens is 1. The molecule has 2 aromatic heterocycles. The minimum atomic E-state index is -0.270. The molecule has 0 radical (unpaired) electrons. The van der Waals surface area contributed by atoms with Crippen molar-refractivity contribution in [1.29, 1.82) is 0 Å². The Balaban J connectivity index is 1.97. The van der Waals surface area contributed by atoms with Crippen molar-refractivity contribution in [2.45, 2.75) is 19.8 Å². The van der Waals surface area contributed by atoms with E-state index in [0.717, 1.165) is 12.8 Å². The molecular formula is C22H22ClN5O2. The standard InChI is InChI=1S/C22H22ClN5O2/c1-3-4-11-25-22(29)18-19-21(27-16-8-6-5-7-15(16)26-19)28(20(18)24)13-9-10-17(30-2)14(23)12-13/h5-10,12H,3-4,11,24H2,1-2H3,(H,25,29). The van der Waals surface area contributed by atoms with Crippen LogP contribution in [0.3, 0.4) is 0 Å². The highest BCUT2D eigenvalue weighted by atomic mass is 35.5. The van der Waals surface area contributed by atoms with E-state index in [1.54, 1.807) is 23.8 Å². The van der Waals surface area contributed by atoms with E-state index in [2.05, 4.69) is 12.2 Å². The summed E-state index contributed by atoms with van der Waals surface area (Å²) in [5.41, 5.74) is 9.81. The summed E-state index contributed by atoms with van der Waals surface area (Å²) >= 11 is 6.34. The van der Waals surface area contributed by atoms with E-state index in [4.69, 9.17) is 32.0 Å². The highest BCUT2D eigenvalue weighted by Gasteiger charge is 2.25. The number of unbranched alkanes of at least 4 members (excludes halogenated alkanes) is 1. The number of methoxy groups -OCH3 is 1. The second-order valence-electron chi connectivity index (χ2n) is 6.91. The molecule has 0 fully saturated rings. The maximum absolute atomic E-state index is 13.0. The Morgan fingerprint density at radius 1 is 1.20 bits per heavy atom. The van der Waals surface area contributed by atoms with Gasteiger partial charge in [-0.2, -0.15) is 0 Å². The number of fused-ring (bicyclic) bond motifs is 2. The van der Waals surface area contributed by atoms with Crippen LogP contribution in [0.1, 0.15) is 30.1 Å². The summed E-state index contributed by atoms with van der Waals surface area (Å²) in [7, 11) is 1.55. The van der Waals surface area contributed by atoms with Crippen LogP contribution in [0.15, 0.2) is 42.5 Å². The molecule has 0 aliphatic heterocycles. The Morgan fingerprint density at radius 3 is 2.60 bits per heavy atom. The molecule has 8 heteroatoms. The van der Waals surface area contributed by atoms with Gasteiger partial charge in [-0.05, 0) is 36.8 Å². The van der Waals surface area contributed by atoms with Crippen LogP contribution < -0.4 is 15.8 Å². The average Bonchev–Trinajstić information content (AvgIpc) is 3.02. The number of carbonyl (C=O) groups excluding carboxylic acids is 1. The smallest absolute Gasteiger partial charge is 0.257 e. The summed E-state index contributed by atoms with van der Waals surface area (Å²) in [5, 5.41) is 3.36. The molecule has 0 aliphatic carbocycles. The third-order valence-electron chi connectivity index (χ3n) is 4.93. The van der Waals surface area contributed by atoms with E-state index < -0.39 is 0 Å². The molecule has 154 valence electrons. The lowest BCUT2D eigenvalue weighted by atomic mass is 10.2. The molecule has 0 saturated heterocycles. The molecule has 0 atom stereocenters. The topological polar surface area (TPSA) is 95.1 Å². The number of para-hydroxylation sites is 2. The van der Waals surface area contributed by atoms with Crippen LogP contribution in [0.5, 0.6) is 5.75 Å². The van der Waals surface area contributed by atoms with Gasteiger partial charge in [-0.15, -0.1) is 0 Å². The van der Waals surface area contributed by atoms with Crippen LogP contribution in [-0.4, -0.2) is 34.1 Å². The molecule has 0 aliphatic rings. The van der Waals surface area contributed by atoms with E-state index in [-0.39, 0.29) is 11.7 Å². The quantitative estimate of drug-likeness (QED) is 0.449. The van der Waals surface area contributed by atoms with Gasteiger partial charge in [-0.1, -0.05) is 37.1 Å². The molecule has 0 saturated carbocycles. The molecule has 3 N–H and O–H groups in total. The van der Waals surface area contributed by atoms with Crippen molar-refractivity contribution in [2.75, 3.05) is 19.4 Å². The monoisotopic (exact) mass is 423 g/mol. The third kappa shape index (κ3) is 3.41. The number of amides is 1. The highest BCUT2D eigenvalue weighted by molar-refractivity contribution is 6.32. The maximum atomic E-state index is 13.0. The van der Waals surface area contributed by atoms with Gasteiger partial charge < -0.3 is 15.8 Å². The van der Waals surface area contributed by atoms with Crippen molar-refractivity contribution in [2.24, 2.45) is 0 Å². The lowest BCUT2D eigenvalue weighted by Gasteiger charge is -2.10. The maximum Gasteiger partial charge on any atom is 0.257 e. The number of carbonyl (C=O) groups is 1. The molecule has 1 amide bonds. The zero-order valence-electron chi connectivity index (χ0n) is 16.8. The Labute approximate surface area is 178 Å². The molecule has 2 aromatic carbocycles. The van der Waals surface area contributed by atoms with Crippen molar-refractivity contribution in [3.63, 3.8) is 0 Å². The van der Waals surface area contributed by atoms with Gasteiger partial charge in [-0.25, -0.2) is 9.97 Å². The number of aromatic nitrogens is 3. The lowest BCUT2D eigenvalue weighted by molar-refractivity contribution is 0.0955. The summed E-state index contributed by atoms with van der Waals surface area (Å²) < 4.78 is 6.95. The summed E-state index contributed by atoms with van der Waals surface area (Å²) in [6, 6.07) is 12.8. The van der Waals surface area contributed by atoms with Gasteiger partial charge in [0.05, 0.1) is 28.9 Å². The fraction of sp³-hybridized carbons (Fsp3) is 0.227. The fourth-order valence-electron chi connectivity index (χ4n) is 3.41. The van der Waals surface area contributed by atoms with Crippen molar-refractivity contribution >= 4 is 45.5 Å². The van der Waals surface area contributed by atoms with Crippen molar-refractivity contribution in [3.05, 3.63) is 53.1 Å². The molecule has 0 bridgehead atoms. The normalized spacial score (nSPS) is 11.2. The van der Waals surface area contributed by atoms with Gasteiger partial charge in [0, 0.05) is 6.54 Å². The first-order valence-electron chi connectivity index (χ1n) is 9.74. The number of rotatable bonds is 6. The minimum Gasteiger partial charge on any atom is -0.495 e. The van der Waals surface area contributed by atoms with Crippen molar-refractivity contribution in [1.82, 2.24) is 19.9 Å². The van der Waals surface area contributed by atoms with Crippen molar-refractivity contribution < 1.29 is 9.53 Å². The number of hydrogen-bond donors (Lipinski definition) is 2. The van der Waals surface area contributed by atoms with E-state index in [9.17, 15) is 4.79 Å². The predicted molar refractivity (Wildman–Crippen MR) is 120 cm³/mol. The van der Waals surface area contributed by atoms with Gasteiger partial charge in [0.1, 0.15) is 22.6 Å². The van der Waals surface area contributed by atoms with E-state index in [0.29, 0.717) is 50.8 Å². The van der Waals surface area contributed by atoms with E-state index in [1.165, 1.54) is 0 Å².